The number of amides is 1. The van der Waals surface area contributed by atoms with Gasteiger partial charge in [0, 0.05) is 25.7 Å². The van der Waals surface area contributed by atoms with Gasteiger partial charge in [-0.3, -0.25) is 4.79 Å². The summed E-state index contributed by atoms with van der Waals surface area (Å²) in [5.74, 6) is -1.15. The number of hydrogen-bond acceptors (Lipinski definition) is 5. The van der Waals surface area contributed by atoms with E-state index in [9.17, 15) is 18.4 Å². The smallest absolute Gasteiger partial charge is 0.387 e. The van der Waals surface area contributed by atoms with E-state index < -0.39 is 18.7 Å². The molecule has 2 aromatic rings. The van der Waals surface area contributed by atoms with E-state index in [0.717, 1.165) is 6.08 Å². The molecule has 0 saturated heterocycles. The summed E-state index contributed by atoms with van der Waals surface area (Å²) in [5.41, 5.74) is 1.04. The Balaban J connectivity index is 2.15. The van der Waals surface area contributed by atoms with Crippen LogP contribution in [-0.4, -0.2) is 44.6 Å². The van der Waals surface area contributed by atoms with E-state index in [-0.39, 0.29) is 17.4 Å². The van der Waals surface area contributed by atoms with Crippen LogP contribution in [0, 0.1) is 0 Å². The van der Waals surface area contributed by atoms with E-state index in [1.54, 1.807) is 44.4 Å². The fraction of sp³-hybridized carbons (Fsp3) is 0.238. The van der Waals surface area contributed by atoms with Crippen LogP contribution in [0.25, 0.3) is 6.08 Å². The second-order valence-corrected chi connectivity index (χ2v) is 6.08. The Kier molecular flexibility index (Phi) is 7.70. The summed E-state index contributed by atoms with van der Waals surface area (Å²) in [5, 5.41) is 0. The van der Waals surface area contributed by atoms with Gasteiger partial charge < -0.3 is 19.1 Å². The lowest BCUT2D eigenvalue weighted by Crippen LogP contribution is -2.30. The molecular formula is C21H21F2NO5. The van der Waals surface area contributed by atoms with Crippen molar-refractivity contribution in [1.82, 2.24) is 4.90 Å². The minimum atomic E-state index is -2.98. The van der Waals surface area contributed by atoms with Crippen molar-refractivity contribution in [2.24, 2.45) is 0 Å². The van der Waals surface area contributed by atoms with Crippen LogP contribution in [0.3, 0.4) is 0 Å². The number of esters is 1. The standard InChI is InChI=1S/C21H21F2NO5/c1-24(2)20(26)19(15-7-5-4-6-8-15)29-18(25)12-10-14-9-11-16(28-21(22)23)17(13-14)27-3/h4-13,19,21H,1-3H3/b12-10+/t19-/m0/s1. The Morgan fingerprint density at radius 3 is 2.31 bits per heavy atom. The third kappa shape index (κ3) is 6.31. The van der Waals surface area contributed by atoms with Crippen LogP contribution >= 0.6 is 0 Å². The summed E-state index contributed by atoms with van der Waals surface area (Å²) < 4.78 is 39.5. The number of ether oxygens (including phenoxy) is 3. The van der Waals surface area contributed by atoms with Crippen molar-refractivity contribution in [3.63, 3.8) is 0 Å². The van der Waals surface area contributed by atoms with Crippen LogP contribution < -0.4 is 9.47 Å². The first-order chi connectivity index (χ1) is 13.8. The molecule has 0 aliphatic rings. The van der Waals surface area contributed by atoms with E-state index in [2.05, 4.69) is 4.74 Å². The van der Waals surface area contributed by atoms with Crippen molar-refractivity contribution in [3.8, 4) is 11.5 Å². The van der Waals surface area contributed by atoms with E-state index in [1.807, 2.05) is 0 Å². The highest BCUT2D eigenvalue weighted by molar-refractivity contribution is 5.91. The van der Waals surface area contributed by atoms with Crippen LogP contribution in [0.5, 0.6) is 11.5 Å². The summed E-state index contributed by atoms with van der Waals surface area (Å²) in [4.78, 5) is 26.0. The second-order valence-electron chi connectivity index (χ2n) is 6.08. The molecule has 0 unspecified atom stereocenters. The molecule has 1 atom stereocenters. The van der Waals surface area contributed by atoms with Crippen molar-refractivity contribution in [3.05, 3.63) is 65.7 Å². The summed E-state index contributed by atoms with van der Waals surface area (Å²) in [6.45, 7) is -2.98. The van der Waals surface area contributed by atoms with Gasteiger partial charge in [-0.15, -0.1) is 0 Å². The van der Waals surface area contributed by atoms with Crippen molar-refractivity contribution in [2.75, 3.05) is 21.2 Å². The predicted molar refractivity (Wildman–Crippen MR) is 103 cm³/mol. The Hall–Kier alpha value is -3.42. The molecule has 0 aliphatic heterocycles. The van der Waals surface area contributed by atoms with Crippen LogP contribution in [0.15, 0.2) is 54.6 Å². The lowest BCUT2D eigenvalue weighted by molar-refractivity contribution is -0.155. The highest BCUT2D eigenvalue weighted by Crippen LogP contribution is 2.30. The zero-order valence-electron chi connectivity index (χ0n) is 16.2. The molecular weight excluding hydrogens is 384 g/mol. The average molecular weight is 405 g/mol. The number of halogens is 2. The maximum Gasteiger partial charge on any atom is 0.387 e. The number of hydrogen-bond donors (Lipinski definition) is 0. The highest BCUT2D eigenvalue weighted by Gasteiger charge is 2.25. The molecule has 0 aliphatic carbocycles. The second kappa shape index (κ2) is 10.2. The van der Waals surface area contributed by atoms with Gasteiger partial charge in [-0.2, -0.15) is 8.78 Å². The van der Waals surface area contributed by atoms with E-state index in [4.69, 9.17) is 9.47 Å². The van der Waals surface area contributed by atoms with Gasteiger partial charge in [0.25, 0.3) is 5.91 Å². The maximum atomic E-state index is 12.4. The number of benzene rings is 2. The quantitative estimate of drug-likeness (QED) is 0.495. The zero-order chi connectivity index (χ0) is 21.4. The number of carbonyl (C=O) groups excluding carboxylic acids is 2. The number of rotatable bonds is 8. The molecule has 8 heteroatoms. The van der Waals surface area contributed by atoms with E-state index in [0.29, 0.717) is 11.1 Å². The van der Waals surface area contributed by atoms with Crippen molar-refractivity contribution >= 4 is 18.0 Å². The largest absolute Gasteiger partial charge is 0.493 e. The number of likely N-dealkylation sites (N-methyl/N-ethyl adjacent to an activating group) is 1. The van der Waals surface area contributed by atoms with Crippen molar-refractivity contribution < 1.29 is 32.6 Å². The molecule has 0 radical (unpaired) electrons. The number of methoxy groups -OCH3 is 1. The zero-order valence-corrected chi connectivity index (χ0v) is 16.2. The van der Waals surface area contributed by atoms with Crippen LogP contribution in [0.2, 0.25) is 0 Å². The van der Waals surface area contributed by atoms with E-state index in [1.165, 1.54) is 36.3 Å². The summed E-state index contributed by atoms with van der Waals surface area (Å²) in [6.07, 6.45) is 1.47. The maximum absolute atomic E-state index is 12.4. The lowest BCUT2D eigenvalue weighted by Gasteiger charge is -2.20. The Morgan fingerprint density at radius 2 is 1.72 bits per heavy atom. The SMILES string of the molecule is COc1cc(/C=C/C(=O)O[C@H](C(=O)N(C)C)c2ccccc2)ccc1OC(F)F. The molecule has 6 nitrogen and oxygen atoms in total. The molecule has 0 heterocycles. The van der Waals surface area contributed by atoms with Gasteiger partial charge in [0.15, 0.2) is 11.5 Å². The predicted octanol–water partition coefficient (Wildman–Crippen LogP) is 3.68. The number of carbonyl (C=O) groups is 2. The summed E-state index contributed by atoms with van der Waals surface area (Å²) in [7, 11) is 4.45. The van der Waals surface area contributed by atoms with Crippen molar-refractivity contribution in [1.29, 1.82) is 0 Å². The first kappa shape index (κ1) is 21.9. The number of alkyl halides is 2. The lowest BCUT2D eigenvalue weighted by atomic mass is 10.1. The molecule has 1 amide bonds. The molecule has 2 rings (SSSR count). The average Bonchev–Trinajstić information content (AvgIpc) is 2.70. The van der Waals surface area contributed by atoms with Gasteiger partial charge in [0.1, 0.15) is 0 Å². The van der Waals surface area contributed by atoms with Crippen LogP contribution in [0.4, 0.5) is 8.78 Å². The van der Waals surface area contributed by atoms with Gasteiger partial charge in [-0.05, 0) is 23.8 Å². The van der Waals surface area contributed by atoms with Crippen LogP contribution in [0.1, 0.15) is 17.2 Å². The van der Waals surface area contributed by atoms with E-state index >= 15 is 0 Å². The molecule has 0 N–H and O–H groups in total. The molecule has 29 heavy (non-hydrogen) atoms. The molecule has 0 aromatic heterocycles. The van der Waals surface area contributed by atoms with Crippen LogP contribution in [-0.2, 0) is 14.3 Å². The fourth-order valence-corrected chi connectivity index (χ4v) is 2.42. The van der Waals surface area contributed by atoms with Gasteiger partial charge in [0.2, 0.25) is 6.10 Å². The van der Waals surface area contributed by atoms with Crippen molar-refractivity contribution in [2.45, 2.75) is 12.7 Å². The molecule has 0 fully saturated rings. The van der Waals surface area contributed by atoms with Gasteiger partial charge in [0.05, 0.1) is 7.11 Å². The Morgan fingerprint density at radius 1 is 1.03 bits per heavy atom. The first-order valence-electron chi connectivity index (χ1n) is 8.59. The molecule has 2 aromatic carbocycles. The van der Waals surface area contributed by atoms with Gasteiger partial charge >= 0.3 is 12.6 Å². The Labute approximate surface area is 167 Å². The highest BCUT2D eigenvalue weighted by atomic mass is 19.3. The van der Waals surface area contributed by atoms with Gasteiger partial charge in [-0.1, -0.05) is 36.4 Å². The monoisotopic (exact) mass is 405 g/mol. The first-order valence-corrected chi connectivity index (χ1v) is 8.59. The minimum absolute atomic E-state index is 0.0887. The third-order valence-corrected chi connectivity index (χ3v) is 3.82. The number of nitrogens with zero attached hydrogens (tertiary/aromatic N) is 1. The molecule has 154 valence electrons. The Bertz CT molecular complexity index is 869. The molecule has 0 saturated carbocycles. The third-order valence-electron chi connectivity index (χ3n) is 3.82. The topological polar surface area (TPSA) is 65.1 Å². The summed E-state index contributed by atoms with van der Waals surface area (Å²) >= 11 is 0. The molecule has 0 spiro atoms. The minimum Gasteiger partial charge on any atom is -0.493 e. The summed E-state index contributed by atoms with van der Waals surface area (Å²) in [6, 6.07) is 12.9. The fourth-order valence-electron chi connectivity index (χ4n) is 2.42. The molecule has 0 bridgehead atoms. The normalized spacial score (nSPS) is 11.9. The van der Waals surface area contributed by atoms with Gasteiger partial charge in [-0.25, -0.2) is 4.79 Å².